The second kappa shape index (κ2) is 7.44. The van der Waals surface area contributed by atoms with E-state index in [0.717, 1.165) is 49.0 Å². The van der Waals surface area contributed by atoms with Gasteiger partial charge in [0.25, 0.3) is 5.82 Å². The first kappa shape index (κ1) is 17.5. The summed E-state index contributed by atoms with van der Waals surface area (Å²) in [6, 6.07) is 10.8. The summed E-state index contributed by atoms with van der Waals surface area (Å²) in [6.45, 7) is 5.03. The normalized spacial score (nSPS) is 17.8. The predicted molar refractivity (Wildman–Crippen MR) is 108 cm³/mol. The first-order chi connectivity index (χ1) is 13.8. The molecule has 0 atom stereocenters. The van der Waals surface area contributed by atoms with Crippen molar-refractivity contribution in [3.63, 3.8) is 0 Å². The Balaban J connectivity index is 1.33. The molecule has 3 aromatic heterocycles. The van der Waals surface area contributed by atoms with E-state index in [1.807, 2.05) is 41.5 Å². The van der Waals surface area contributed by atoms with E-state index in [9.17, 15) is 0 Å². The maximum absolute atomic E-state index is 5.82. The van der Waals surface area contributed by atoms with Gasteiger partial charge in [-0.15, -0.1) is 5.10 Å². The lowest BCUT2D eigenvalue weighted by molar-refractivity contribution is -0.924. The van der Waals surface area contributed by atoms with Crippen LogP contribution >= 0.6 is 12.2 Å². The Hall–Kier alpha value is -2.58. The minimum atomic E-state index is 0.505. The molecule has 0 aromatic carbocycles. The van der Waals surface area contributed by atoms with Crippen LogP contribution in [0.3, 0.4) is 0 Å². The molecule has 4 heterocycles. The predicted octanol–water partition coefficient (Wildman–Crippen LogP) is 0.988. The van der Waals surface area contributed by atoms with Gasteiger partial charge in [-0.3, -0.25) is 14.5 Å². The number of nitrogens with zero attached hydrogens (tertiary/aromatic N) is 5. The van der Waals surface area contributed by atoms with Crippen LogP contribution in [0, 0.1) is 4.77 Å². The Kier molecular flexibility index (Phi) is 4.66. The zero-order valence-corrected chi connectivity index (χ0v) is 16.6. The van der Waals surface area contributed by atoms with E-state index in [4.69, 9.17) is 17.3 Å². The van der Waals surface area contributed by atoms with Gasteiger partial charge in [-0.1, -0.05) is 6.07 Å². The Morgan fingerprint density at radius 2 is 1.89 bits per heavy atom. The van der Waals surface area contributed by atoms with Crippen molar-refractivity contribution in [3.8, 4) is 11.4 Å². The Morgan fingerprint density at radius 3 is 2.57 bits per heavy atom. The second-order valence-corrected chi connectivity index (χ2v) is 7.95. The van der Waals surface area contributed by atoms with Gasteiger partial charge in [-0.2, -0.15) is 4.68 Å². The summed E-state index contributed by atoms with van der Waals surface area (Å²) in [4.78, 5) is 11.4. The zero-order chi connectivity index (χ0) is 18.9. The monoisotopic (exact) mass is 395 g/mol. The molecule has 2 N–H and O–H groups in total. The molecule has 8 heteroatoms. The molecule has 0 spiro atoms. The van der Waals surface area contributed by atoms with Crippen LogP contribution in [-0.2, 0) is 6.67 Å². The molecule has 3 aromatic rings. The number of piperazine rings is 1. The Labute approximate surface area is 169 Å². The molecule has 7 nitrogen and oxygen atoms in total. The quantitative estimate of drug-likeness (QED) is 0.655. The maximum atomic E-state index is 5.82. The highest BCUT2D eigenvalue weighted by Crippen LogP contribution is 2.38. The van der Waals surface area contributed by atoms with E-state index in [1.165, 1.54) is 23.6 Å². The lowest BCUT2D eigenvalue weighted by Crippen LogP contribution is -3.14. The van der Waals surface area contributed by atoms with E-state index in [2.05, 4.69) is 31.6 Å². The van der Waals surface area contributed by atoms with E-state index >= 15 is 0 Å². The minimum Gasteiger partial charge on any atom is -0.310 e. The van der Waals surface area contributed by atoms with Crippen molar-refractivity contribution in [3.05, 3.63) is 53.7 Å². The number of aromatic amines is 1. The standard InChI is InChI=1S/C20H23N7S/c28-20-26(15-24-11-13-25(14-12-24)18-3-1-2-8-22-18)23-19(27(20)17-4-5-17)16-6-9-21-10-7-16/h1-3,6-10,17H,4-5,11-15H2/p+2. The largest absolute Gasteiger partial charge is 0.310 e. The summed E-state index contributed by atoms with van der Waals surface area (Å²) in [6.07, 6.45) is 8.01. The molecule has 2 fully saturated rings. The molecular weight excluding hydrogens is 370 g/mol. The maximum Gasteiger partial charge on any atom is 0.274 e. The third kappa shape index (κ3) is 3.45. The summed E-state index contributed by atoms with van der Waals surface area (Å²) >= 11 is 5.82. The van der Waals surface area contributed by atoms with Crippen LogP contribution in [0.2, 0.25) is 0 Å². The van der Waals surface area contributed by atoms with Gasteiger partial charge in [0.15, 0.2) is 12.5 Å². The molecule has 0 amide bonds. The van der Waals surface area contributed by atoms with E-state index in [0.29, 0.717) is 6.04 Å². The van der Waals surface area contributed by atoms with Gasteiger partial charge >= 0.3 is 0 Å². The van der Waals surface area contributed by atoms with Gasteiger partial charge in [-0.05, 0) is 43.3 Å². The Bertz CT molecular complexity index is 986. The van der Waals surface area contributed by atoms with Crippen molar-refractivity contribution >= 4 is 18.0 Å². The number of nitrogens with one attached hydrogen (secondary N) is 2. The molecule has 0 unspecified atom stereocenters. The van der Waals surface area contributed by atoms with E-state index < -0.39 is 0 Å². The number of hydrogen-bond acceptors (Lipinski definition) is 4. The van der Waals surface area contributed by atoms with Gasteiger partial charge in [0.1, 0.15) is 26.2 Å². The minimum absolute atomic E-state index is 0.505. The number of H-pyrrole nitrogens is 1. The first-order valence-corrected chi connectivity index (χ1v) is 10.4. The van der Waals surface area contributed by atoms with Crippen LogP contribution in [0.25, 0.3) is 11.4 Å². The van der Waals surface area contributed by atoms with Crippen molar-refractivity contribution in [2.24, 2.45) is 0 Å². The van der Waals surface area contributed by atoms with Crippen LogP contribution in [-0.4, -0.2) is 45.5 Å². The fourth-order valence-corrected chi connectivity index (χ4v) is 4.24. The van der Waals surface area contributed by atoms with Crippen LogP contribution < -0.4 is 14.8 Å². The van der Waals surface area contributed by atoms with Gasteiger partial charge < -0.3 is 4.90 Å². The average Bonchev–Trinajstić information content (AvgIpc) is 3.54. The van der Waals surface area contributed by atoms with Gasteiger partial charge in [0.05, 0.1) is 6.20 Å². The smallest absolute Gasteiger partial charge is 0.274 e. The van der Waals surface area contributed by atoms with Gasteiger partial charge in [0, 0.05) is 30.1 Å². The second-order valence-electron chi connectivity index (χ2n) is 7.59. The highest BCUT2D eigenvalue weighted by atomic mass is 32.1. The molecule has 1 aliphatic carbocycles. The number of anilines is 1. The topological polar surface area (TPSA) is 57.5 Å². The highest BCUT2D eigenvalue weighted by Gasteiger charge is 2.31. The molecule has 0 radical (unpaired) electrons. The summed E-state index contributed by atoms with van der Waals surface area (Å²) in [5, 5.41) is 4.92. The number of hydrogen-bond donors (Lipinski definition) is 1. The third-order valence-electron chi connectivity index (χ3n) is 5.60. The molecule has 144 valence electrons. The lowest BCUT2D eigenvalue weighted by atomic mass is 10.2. The molecule has 1 saturated heterocycles. The molecule has 2 aliphatic rings. The van der Waals surface area contributed by atoms with Crippen molar-refractivity contribution in [1.29, 1.82) is 0 Å². The SMILES string of the molecule is S=c1n(C[NH+]2CCN(c3cccc[nH+]3)CC2)nc(-c2ccncc2)n1C1CC1. The molecule has 5 rings (SSSR count). The van der Waals surface area contributed by atoms with Crippen LogP contribution in [0.15, 0.2) is 48.9 Å². The Morgan fingerprint density at radius 1 is 1.11 bits per heavy atom. The molecular formula is C20H25N7S+2. The van der Waals surface area contributed by atoms with Crippen LogP contribution in [0.1, 0.15) is 18.9 Å². The fourth-order valence-electron chi connectivity index (χ4n) is 3.90. The lowest BCUT2D eigenvalue weighted by Gasteiger charge is -2.27. The third-order valence-corrected chi connectivity index (χ3v) is 6.01. The van der Waals surface area contributed by atoms with Crippen molar-refractivity contribution in [2.45, 2.75) is 25.6 Å². The molecule has 1 aliphatic heterocycles. The summed E-state index contributed by atoms with van der Waals surface area (Å²) < 4.78 is 5.13. The average molecular weight is 396 g/mol. The molecule has 28 heavy (non-hydrogen) atoms. The summed E-state index contributed by atoms with van der Waals surface area (Å²) in [5.74, 6) is 2.17. The van der Waals surface area contributed by atoms with E-state index in [1.54, 1.807) is 0 Å². The highest BCUT2D eigenvalue weighted by molar-refractivity contribution is 7.71. The number of quaternary nitrogens is 1. The van der Waals surface area contributed by atoms with Crippen molar-refractivity contribution < 1.29 is 9.88 Å². The van der Waals surface area contributed by atoms with Crippen molar-refractivity contribution in [1.82, 2.24) is 19.3 Å². The summed E-state index contributed by atoms with van der Waals surface area (Å²) in [7, 11) is 0. The zero-order valence-electron chi connectivity index (χ0n) is 15.8. The van der Waals surface area contributed by atoms with E-state index in [-0.39, 0.29) is 0 Å². The fraction of sp³-hybridized carbons (Fsp3) is 0.400. The number of rotatable bonds is 5. The van der Waals surface area contributed by atoms with Gasteiger partial charge in [-0.25, -0.2) is 4.98 Å². The molecule has 0 bridgehead atoms. The number of pyridine rings is 2. The van der Waals surface area contributed by atoms with Crippen LogP contribution in [0.4, 0.5) is 5.82 Å². The summed E-state index contributed by atoms with van der Waals surface area (Å²) in [5.41, 5.74) is 1.09. The van der Waals surface area contributed by atoms with Gasteiger partial charge in [0.2, 0.25) is 4.77 Å². The number of aromatic nitrogens is 5. The van der Waals surface area contributed by atoms with Crippen molar-refractivity contribution in [2.75, 3.05) is 31.1 Å². The molecule has 1 saturated carbocycles. The first-order valence-electron chi connectivity index (χ1n) is 9.94. The van der Waals surface area contributed by atoms with Crippen LogP contribution in [0.5, 0.6) is 0 Å².